The number of hydrogen-bond donors (Lipinski definition) is 1. The van der Waals surface area contributed by atoms with Crippen molar-refractivity contribution in [2.75, 3.05) is 0 Å². The summed E-state index contributed by atoms with van der Waals surface area (Å²) in [5, 5.41) is 8.98. The fourth-order valence-electron chi connectivity index (χ4n) is 2.05. The van der Waals surface area contributed by atoms with Crippen LogP contribution >= 0.6 is 0 Å². The van der Waals surface area contributed by atoms with E-state index >= 15 is 0 Å². The van der Waals surface area contributed by atoms with Crippen LogP contribution < -0.4 is 0 Å². The van der Waals surface area contributed by atoms with Crippen molar-refractivity contribution >= 4 is 17.0 Å². The van der Waals surface area contributed by atoms with Crippen LogP contribution in [0.4, 0.5) is 0 Å². The molecule has 0 bridgehead atoms. The number of carbonyl (C=O) groups is 1. The van der Waals surface area contributed by atoms with Crippen molar-refractivity contribution in [1.29, 1.82) is 0 Å². The number of aromatic nitrogens is 3. The Morgan fingerprint density at radius 3 is 2.63 bits per heavy atom. The predicted molar refractivity (Wildman–Crippen MR) is 70.9 cm³/mol. The van der Waals surface area contributed by atoms with E-state index in [1.165, 1.54) is 6.07 Å². The highest BCUT2D eigenvalue weighted by Crippen LogP contribution is 2.22. The SMILES string of the molecule is Cn1c(-c2cccc(C(=O)O)n2)nc2ccccc21. The van der Waals surface area contributed by atoms with Crippen LogP contribution in [0.3, 0.4) is 0 Å². The summed E-state index contributed by atoms with van der Waals surface area (Å²) in [4.78, 5) is 19.6. The molecule has 0 aliphatic heterocycles. The van der Waals surface area contributed by atoms with E-state index in [9.17, 15) is 4.79 Å². The molecule has 0 radical (unpaired) electrons. The molecule has 3 aromatic rings. The molecule has 0 fully saturated rings. The van der Waals surface area contributed by atoms with Gasteiger partial charge in [0.25, 0.3) is 0 Å². The number of aromatic carboxylic acids is 1. The number of carboxylic acids is 1. The van der Waals surface area contributed by atoms with Crippen LogP contribution in [0.2, 0.25) is 0 Å². The predicted octanol–water partition coefficient (Wildman–Crippen LogP) is 2.33. The Morgan fingerprint density at radius 2 is 1.89 bits per heavy atom. The van der Waals surface area contributed by atoms with Crippen molar-refractivity contribution in [1.82, 2.24) is 14.5 Å². The zero-order valence-corrected chi connectivity index (χ0v) is 10.2. The second-order valence-corrected chi connectivity index (χ2v) is 4.20. The molecule has 1 N–H and O–H groups in total. The molecule has 0 amide bonds. The molecule has 0 saturated heterocycles. The minimum atomic E-state index is -1.04. The molecule has 0 atom stereocenters. The van der Waals surface area contributed by atoms with Gasteiger partial charge in [-0.05, 0) is 24.3 Å². The number of hydrogen-bond acceptors (Lipinski definition) is 3. The molecule has 0 aliphatic rings. The van der Waals surface area contributed by atoms with E-state index in [2.05, 4.69) is 9.97 Å². The Bertz CT molecular complexity index is 777. The van der Waals surface area contributed by atoms with E-state index in [1.54, 1.807) is 12.1 Å². The van der Waals surface area contributed by atoms with Crippen LogP contribution in [0, 0.1) is 0 Å². The molecule has 5 nitrogen and oxygen atoms in total. The average molecular weight is 253 g/mol. The zero-order valence-electron chi connectivity index (χ0n) is 10.2. The Balaban J connectivity index is 2.21. The lowest BCUT2D eigenvalue weighted by atomic mass is 10.3. The van der Waals surface area contributed by atoms with Crippen molar-refractivity contribution in [3.8, 4) is 11.5 Å². The minimum absolute atomic E-state index is 0.0181. The number of carboxylic acid groups (broad SMARTS) is 1. The maximum absolute atomic E-state index is 11.0. The minimum Gasteiger partial charge on any atom is -0.477 e. The summed E-state index contributed by atoms with van der Waals surface area (Å²) in [6, 6.07) is 12.6. The van der Waals surface area contributed by atoms with E-state index in [0.717, 1.165) is 11.0 Å². The van der Waals surface area contributed by atoms with Gasteiger partial charge < -0.3 is 9.67 Å². The number of aryl methyl sites for hydroxylation is 1. The standard InChI is InChI=1S/C14H11N3O2/c1-17-12-8-3-2-5-9(12)16-13(17)10-6-4-7-11(15-10)14(18)19/h2-8H,1H3,(H,18,19). The summed E-state index contributed by atoms with van der Waals surface area (Å²) in [5.41, 5.74) is 2.42. The van der Waals surface area contributed by atoms with E-state index in [1.807, 2.05) is 35.9 Å². The van der Waals surface area contributed by atoms with Gasteiger partial charge in [0, 0.05) is 7.05 Å². The number of pyridine rings is 1. The number of fused-ring (bicyclic) bond motifs is 1. The van der Waals surface area contributed by atoms with E-state index < -0.39 is 5.97 Å². The summed E-state index contributed by atoms with van der Waals surface area (Å²) in [5.74, 6) is -0.384. The third-order valence-corrected chi connectivity index (χ3v) is 2.98. The van der Waals surface area contributed by atoms with Crippen LogP contribution in [0.25, 0.3) is 22.6 Å². The topological polar surface area (TPSA) is 68.0 Å². The molecule has 1 aromatic carbocycles. The van der Waals surface area contributed by atoms with Crippen LogP contribution in [-0.4, -0.2) is 25.6 Å². The quantitative estimate of drug-likeness (QED) is 0.761. The maximum atomic E-state index is 11.0. The highest BCUT2D eigenvalue weighted by atomic mass is 16.4. The number of rotatable bonds is 2. The van der Waals surface area contributed by atoms with Crippen molar-refractivity contribution in [3.05, 3.63) is 48.2 Å². The third-order valence-electron chi connectivity index (χ3n) is 2.98. The van der Waals surface area contributed by atoms with E-state index in [0.29, 0.717) is 11.5 Å². The van der Waals surface area contributed by atoms with Crippen molar-refractivity contribution in [2.24, 2.45) is 7.05 Å². The van der Waals surface area contributed by atoms with Crippen LogP contribution in [0.5, 0.6) is 0 Å². The number of imidazole rings is 1. The summed E-state index contributed by atoms with van der Waals surface area (Å²) >= 11 is 0. The van der Waals surface area contributed by atoms with Gasteiger partial charge in [-0.2, -0.15) is 0 Å². The largest absolute Gasteiger partial charge is 0.477 e. The van der Waals surface area contributed by atoms with Crippen molar-refractivity contribution in [2.45, 2.75) is 0 Å². The van der Waals surface area contributed by atoms with Gasteiger partial charge in [0.15, 0.2) is 5.82 Å². The first-order chi connectivity index (χ1) is 9.16. The maximum Gasteiger partial charge on any atom is 0.354 e. The van der Waals surface area contributed by atoms with Gasteiger partial charge in [0.2, 0.25) is 0 Å². The van der Waals surface area contributed by atoms with Gasteiger partial charge in [0.05, 0.1) is 11.0 Å². The van der Waals surface area contributed by atoms with Gasteiger partial charge in [-0.25, -0.2) is 14.8 Å². The van der Waals surface area contributed by atoms with Crippen molar-refractivity contribution in [3.63, 3.8) is 0 Å². The van der Waals surface area contributed by atoms with Gasteiger partial charge in [0.1, 0.15) is 11.4 Å². The van der Waals surface area contributed by atoms with Gasteiger partial charge in [-0.1, -0.05) is 18.2 Å². The highest BCUT2D eigenvalue weighted by Gasteiger charge is 2.12. The second kappa shape index (κ2) is 4.20. The molecule has 5 heteroatoms. The lowest BCUT2D eigenvalue weighted by molar-refractivity contribution is 0.0690. The molecule has 0 aliphatic carbocycles. The second-order valence-electron chi connectivity index (χ2n) is 4.20. The molecule has 0 saturated carbocycles. The molecule has 3 rings (SSSR count). The zero-order chi connectivity index (χ0) is 13.4. The molecule has 19 heavy (non-hydrogen) atoms. The van der Waals surface area contributed by atoms with Crippen LogP contribution in [0.1, 0.15) is 10.5 Å². The summed E-state index contributed by atoms with van der Waals surface area (Å²) in [7, 11) is 1.89. The van der Waals surface area contributed by atoms with E-state index in [-0.39, 0.29) is 5.69 Å². The Morgan fingerprint density at radius 1 is 1.11 bits per heavy atom. The molecule has 0 spiro atoms. The molecular formula is C14H11N3O2. The van der Waals surface area contributed by atoms with Gasteiger partial charge in [-0.15, -0.1) is 0 Å². The van der Waals surface area contributed by atoms with Crippen molar-refractivity contribution < 1.29 is 9.90 Å². The molecule has 2 aromatic heterocycles. The monoisotopic (exact) mass is 253 g/mol. The first-order valence-corrected chi connectivity index (χ1v) is 5.79. The van der Waals surface area contributed by atoms with Gasteiger partial charge in [-0.3, -0.25) is 0 Å². The lowest BCUT2D eigenvalue weighted by Gasteiger charge is -2.02. The summed E-state index contributed by atoms with van der Waals surface area (Å²) < 4.78 is 1.91. The molecule has 0 unspecified atom stereocenters. The normalized spacial score (nSPS) is 10.8. The van der Waals surface area contributed by atoms with E-state index in [4.69, 9.17) is 5.11 Å². The number of nitrogens with zero attached hydrogens (tertiary/aromatic N) is 3. The fraction of sp³-hybridized carbons (Fsp3) is 0.0714. The Hall–Kier alpha value is -2.69. The summed E-state index contributed by atoms with van der Waals surface area (Å²) in [6.07, 6.45) is 0. The molecular weight excluding hydrogens is 242 g/mol. The third kappa shape index (κ3) is 1.85. The Kier molecular flexibility index (Phi) is 2.52. The summed E-state index contributed by atoms with van der Waals surface area (Å²) in [6.45, 7) is 0. The van der Waals surface area contributed by atoms with Crippen LogP contribution in [-0.2, 0) is 7.05 Å². The molecule has 94 valence electrons. The highest BCUT2D eigenvalue weighted by molar-refractivity contribution is 5.86. The first-order valence-electron chi connectivity index (χ1n) is 5.79. The first kappa shape index (κ1) is 11.4. The fourth-order valence-corrected chi connectivity index (χ4v) is 2.05. The molecule has 2 heterocycles. The number of benzene rings is 1. The smallest absolute Gasteiger partial charge is 0.354 e. The van der Waals surface area contributed by atoms with Gasteiger partial charge >= 0.3 is 5.97 Å². The Labute approximate surface area is 109 Å². The lowest BCUT2D eigenvalue weighted by Crippen LogP contribution is -2.02. The average Bonchev–Trinajstić information content (AvgIpc) is 2.77. The number of para-hydroxylation sites is 2. The van der Waals surface area contributed by atoms with Crippen LogP contribution in [0.15, 0.2) is 42.5 Å².